The highest BCUT2D eigenvalue weighted by Gasteiger charge is 2.36. The Morgan fingerprint density at radius 3 is 2.57 bits per heavy atom. The van der Waals surface area contributed by atoms with E-state index in [4.69, 9.17) is 5.14 Å². The van der Waals surface area contributed by atoms with Crippen LogP contribution in [0.1, 0.15) is 49.0 Å². The summed E-state index contributed by atoms with van der Waals surface area (Å²) in [5, 5.41) is 5.08. The fourth-order valence-electron chi connectivity index (χ4n) is 3.69. The lowest BCUT2D eigenvalue weighted by Crippen LogP contribution is -2.39. The summed E-state index contributed by atoms with van der Waals surface area (Å²) in [7, 11) is -3.77. The number of rotatable bonds is 3. The van der Waals surface area contributed by atoms with Crippen LogP contribution in [0.3, 0.4) is 0 Å². The number of primary sulfonamides is 1. The topological polar surface area (TPSA) is 96.3 Å². The second-order valence-electron chi connectivity index (χ2n) is 6.05. The van der Waals surface area contributed by atoms with Gasteiger partial charge in [-0.15, -0.1) is 0 Å². The molecule has 2 fully saturated rings. The van der Waals surface area contributed by atoms with E-state index < -0.39 is 10.0 Å². The molecule has 21 heavy (non-hydrogen) atoms. The van der Waals surface area contributed by atoms with E-state index in [1.165, 1.54) is 37.9 Å². The van der Waals surface area contributed by atoms with Crippen LogP contribution in [0, 0.1) is 5.92 Å². The number of sulfonamides is 1. The smallest absolute Gasteiger partial charge is 0.270 e. The van der Waals surface area contributed by atoms with E-state index in [0.29, 0.717) is 17.7 Å². The molecule has 3 rings (SSSR count). The van der Waals surface area contributed by atoms with Gasteiger partial charge in [0, 0.05) is 18.8 Å². The van der Waals surface area contributed by atoms with Gasteiger partial charge in [-0.1, -0.05) is 12.8 Å². The molecular weight excluding hydrogens is 290 g/mol. The summed E-state index contributed by atoms with van der Waals surface area (Å²) in [5.41, 5.74) is 0.309. The SMILES string of the molecule is NS(=O)(=O)c1c[nH]c(C(=O)N2CCCC2C2CCCC2)c1. The number of hydrogen-bond donors (Lipinski definition) is 2. The number of aromatic nitrogens is 1. The number of likely N-dealkylation sites (tertiary alicyclic amines) is 1. The van der Waals surface area contributed by atoms with Crippen molar-refractivity contribution >= 4 is 15.9 Å². The van der Waals surface area contributed by atoms with Crippen molar-refractivity contribution in [2.45, 2.75) is 49.5 Å². The van der Waals surface area contributed by atoms with Gasteiger partial charge in [0.15, 0.2) is 0 Å². The van der Waals surface area contributed by atoms with Crippen LogP contribution in [0.15, 0.2) is 17.2 Å². The zero-order valence-corrected chi connectivity index (χ0v) is 12.7. The largest absolute Gasteiger partial charge is 0.356 e. The summed E-state index contributed by atoms with van der Waals surface area (Å²) in [6.45, 7) is 0.754. The Hall–Kier alpha value is -1.34. The maximum absolute atomic E-state index is 12.6. The van der Waals surface area contributed by atoms with Crippen LogP contribution in [0.5, 0.6) is 0 Å². The Morgan fingerprint density at radius 2 is 1.95 bits per heavy atom. The predicted molar refractivity (Wildman–Crippen MR) is 78.2 cm³/mol. The summed E-state index contributed by atoms with van der Waals surface area (Å²) in [6.07, 6.45) is 8.25. The highest BCUT2D eigenvalue weighted by molar-refractivity contribution is 7.89. The average molecular weight is 311 g/mol. The van der Waals surface area contributed by atoms with Gasteiger partial charge < -0.3 is 9.88 Å². The molecule has 1 saturated heterocycles. The Morgan fingerprint density at radius 1 is 1.24 bits per heavy atom. The second-order valence-corrected chi connectivity index (χ2v) is 7.61. The number of amides is 1. The highest BCUT2D eigenvalue weighted by atomic mass is 32.2. The van der Waals surface area contributed by atoms with E-state index in [1.807, 2.05) is 4.90 Å². The lowest BCUT2D eigenvalue weighted by atomic mass is 9.96. The summed E-state index contributed by atoms with van der Waals surface area (Å²) < 4.78 is 22.6. The van der Waals surface area contributed by atoms with Gasteiger partial charge in [0.25, 0.3) is 5.91 Å². The molecule has 7 heteroatoms. The number of hydrogen-bond acceptors (Lipinski definition) is 3. The number of carbonyl (C=O) groups excluding carboxylic acids is 1. The molecule has 1 atom stereocenters. The minimum atomic E-state index is -3.77. The van der Waals surface area contributed by atoms with Crippen molar-refractivity contribution in [2.24, 2.45) is 11.1 Å². The van der Waals surface area contributed by atoms with E-state index in [0.717, 1.165) is 19.4 Å². The quantitative estimate of drug-likeness (QED) is 0.884. The van der Waals surface area contributed by atoms with Gasteiger partial charge in [-0.2, -0.15) is 0 Å². The molecule has 1 unspecified atom stereocenters. The molecule has 1 aliphatic carbocycles. The van der Waals surface area contributed by atoms with Gasteiger partial charge >= 0.3 is 0 Å². The maximum atomic E-state index is 12.6. The molecule has 0 radical (unpaired) electrons. The Kier molecular flexibility index (Phi) is 3.79. The molecule has 3 N–H and O–H groups in total. The number of nitrogens with one attached hydrogen (secondary N) is 1. The van der Waals surface area contributed by atoms with Crippen molar-refractivity contribution < 1.29 is 13.2 Å². The predicted octanol–water partition coefficient (Wildman–Crippen LogP) is 1.46. The molecule has 6 nitrogen and oxygen atoms in total. The van der Waals surface area contributed by atoms with E-state index in [-0.39, 0.29) is 10.8 Å². The third-order valence-electron chi connectivity index (χ3n) is 4.72. The van der Waals surface area contributed by atoms with Gasteiger partial charge in [0.2, 0.25) is 10.0 Å². The van der Waals surface area contributed by atoms with Crippen LogP contribution >= 0.6 is 0 Å². The number of aromatic amines is 1. The molecule has 2 aliphatic rings. The number of nitrogens with zero attached hydrogens (tertiary/aromatic N) is 1. The van der Waals surface area contributed by atoms with Crippen LogP contribution in [-0.4, -0.2) is 36.8 Å². The number of carbonyl (C=O) groups is 1. The maximum Gasteiger partial charge on any atom is 0.270 e. The van der Waals surface area contributed by atoms with Crippen molar-refractivity contribution in [3.05, 3.63) is 18.0 Å². The summed E-state index contributed by atoms with van der Waals surface area (Å²) in [4.78, 5) is 17.2. The van der Waals surface area contributed by atoms with E-state index in [1.54, 1.807) is 0 Å². The molecule has 1 amide bonds. The van der Waals surface area contributed by atoms with Crippen molar-refractivity contribution in [3.63, 3.8) is 0 Å². The first-order chi connectivity index (χ1) is 9.97. The monoisotopic (exact) mass is 311 g/mol. The van der Waals surface area contributed by atoms with E-state index in [2.05, 4.69) is 4.98 Å². The molecule has 0 bridgehead atoms. The summed E-state index contributed by atoms with van der Waals surface area (Å²) in [6, 6.07) is 1.64. The average Bonchev–Trinajstić information content (AvgIpc) is 3.16. The Labute approximate surface area is 124 Å². The molecule has 1 aromatic heterocycles. The fourth-order valence-corrected chi connectivity index (χ4v) is 4.20. The standard InChI is InChI=1S/C14H21N3O3S/c15-21(19,20)11-8-12(16-9-11)14(18)17-7-3-6-13(17)10-4-1-2-5-10/h8-10,13,16H,1-7H2,(H2,15,19,20). The van der Waals surface area contributed by atoms with Gasteiger partial charge in [0.05, 0.1) is 4.90 Å². The molecule has 0 spiro atoms. The number of H-pyrrole nitrogens is 1. The minimum Gasteiger partial charge on any atom is -0.356 e. The molecule has 1 aromatic rings. The first-order valence-electron chi connectivity index (χ1n) is 7.49. The zero-order chi connectivity index (χ0) is 15.0. The summed E-state index contributed by atoms with van der Waals surface area (Å²) in [5.74, 6) is 0.489. The second kappa shape index (κ2) is 5.46. The lowest BCUT2D eigenvalue weighted by molar-refractivity contribution is 0.0683. The van der Waals surface area contributed by atoms with Crippen LogP contribution in [-0.2, 0) is 10.0 Å². The Balaban J connectivity index is 1.79. The van der Waals surface area contributed by atoms with Gasteiger partial charge in [-0.25, -0.2) is 13.6 Å². The third-order valence-corrected chi connectivity index (χ3v) is 5.61. The molecule has 0 aromatic carbocycles. The van der Waals surface area contributed by atoms with Crippen LogP contribution in [0.2, 0.25) is 0 Å². The van der Waals surface area contributed by atoms with E-state index >= 15 is 0 Å². The van der Waals surface area contributed by atoms with Crippen LogP contribution in [0.4, 0.5) is 0 Å². The summed E-state index contributed by atoms with van der Waals surface area (Å²) >= 11 is 0. The van der Waals surface area contributed by atoms with Crippen molar-refractivity contribution in [2.75, 3.05) is 6.54 Å². The van der Waals surface area contributed by atoms with Gasteiger partial charge in [0.1, 0.15) is 5.69 Å². The molecular formula is C14H21N3O3S. The normalized spacial score (nSPS) is 23.9. The van der Waals surface area contributed by atoms with Crippen molar-refractivity contribution in [1.82, 2.24) is 9.88 Å². The lowest BCUT2D eigenvalue weighted by Gasteiger charge is -2.29. The van der Waals surface area contributed by atoms with Gasteiger partial charge in [-0.3, -0.25) is 4.79 Å². The first kappa shape index (κ1) is 14.6. The molecule has 1 saturated carbocycles. The zero-order valence-electron chi connectivity index (χ0n) is 11.9. The minimum absolute atomic E-state index is 0.0394. The molecule has 1 aliphatic heterocycles. The number of nitrogens with two attached hydrogens (primary N) is 1. The van der Waals surface area contributed by atoms with Gasteiger partial charge in [-0.05, 0) is 37.7 Å². The van der Waals surface area contributed by atoms with E-state index in [9.17, 15) is 13.2 Å². The Bertz CT molecular complexity index is 632. The molecule has 2 heterocycles. The third kappa shape index (κ3) is 2.85. The van der Waals surface area contributed by atoms with Crippen molar-refractivity contribution in [1.29, 1.82) is 0 Å². The fraction of sp³-hybridized carbons (Fsp3) is 0.643. The van der Waals surface area contributed by atoms with Crippen LogP contribution < -0.4 is 5.14 Å². The highest BCUT2D eigenvalue weighted by Crippen LogP contribution is 2.36. The van der Waals surface area contributed by atoms with Crippen molar-refractivity contribution in [3.8, 4) is 0 Å². The molecule has 116 valence electrons. The first-order valence-corrected chi connectivity index (χ1v) is 9.03. The van der Waals surface area contributed by atoms with Crippen LogP contribution in [0.25, 0.3) is 0 Å².